The summed E-state index contributed by atoms with van der Waals surface area (Å²) in [5.41, 5.74) is 3.92. The second kappa shape index (κ2) is 8.66. The molecule has 1 aliphatic rings. The lowest BCUT2D eigenvalue weighted by atomic mass is 10.1. The topological polar surface area (TPSA) is 84.9 Å². The predicted molar refractivity (Wildman–Crippen MR) is 103 cm³/mol. The van der Waals surface area contributed by atoms with Gasteiger partial charge in [-0.15, -0.1) is 0 Å². The van der Waals surface area contributed by atoms with Crippen molar-refractivity contribution < 1.29 is 14.8 Å². The van der Waals surface area contributed by atoms with Gasteiger partial charge in [-0.1, -0.05) is 30.3 Å². The third-order valence-corrected chi connectivity index (χ3v) is 4.72. The third kappa shape index (κ3) is 4.84. The molecule has 1 atom stereocenters. The molecule has 0 radical (unpaired) electrons. The van der Waals surface area contributed by atoms with Gasteiger partial charge >= 0.3 is 6.03 Å². The largest absolute Gasteiger partial charge is 0.322 e. The molecule has 0 bridgehead atoms. The summed E-state index contributed by atoms with van der Waals surface area (Å²) in [6.45, 7) is 5.02. The van der Waals surface area contributed by atoms with E-state index in [0.29, 0.717) is 12.1 Å². The summed E-state index contributed by atoms with van der Waals surface area (Å²) in [5, 5.41) is 11.6. The lowest BCUT2D eigenvalue weighted by molar-refractivity contribution is 0.0706. The number of hydroxylamine groups is 1. The van der Waals surface area contributed by atoms with Crippen molar-refractivity contribution in [2.45, 2.75) is 19.5 Å². The van der Waals surface area contributed by atoms with Crippen LogP contribution in [-0.2, 0) is 6.54 Å². The summed E-state index contributed by atoms with van der Waals surface area (Å²) in [5.74, 6) is -0.520. The molecule has 0 spiro atoms. The lowest BCUT2D eigenvalue weighted by Gasteiger charge is -2.39. The van der Waals surface area contributed by atoms with Gasteiger partial charge in [0.15, 0.2) is 0 Å². The first-order valence-corrected chi connectivity index (χ1v) is 8.95. The molecule has 1 fully saturated rings. The summed E-state index contributed by atoms with van der Waals surface area (Å²) in [7, 11) is 0. The number of hydrogen-bond acceptors (Lipinski definition) is 4. The van der Waals surface area contributed by atoms with Crippen molar-refractivity contribution >= 4 is 17.6 Å². The van der Waals surface area contributed by atoms with Crippen LogP contribution in [0.15, 0.2) is 54.6 Å². The first kappa shape index (κ1) is 18.9. The zero-order valence-electron chi connectivity index (χ0n) is 15.3. The molecule has 7 heteroatoms. The highest BCUT2D eigenvalue weighted by Gasteiger charge is 2.27. The first-order chi connectivity index (χ1) is 13.1. The second-order valence-electron chi connectivity index (χ2n) is 6.71. The van der Waals surface area contributed by atoms with E-state index in [9.17, 15) is 9.59 Å². The summed E-state index contributed by atoms with van der Waals surface area (Å²) < 4.78 is 0. The van der Waals surface area contributed by atoms with Crippen molar-refractivity contribution in [3.63, 3.8) is 0 Å². The molecule has 27 heavy (non-hydrogen) atoms. The van der Waals surface area contributed by atoms with Crippen LogP contribution in [-0.4, -0.2) is 52.6 Å². The Morgan fingerprint density at radius 3 is 2.41 bits per heavy atom. The van der Waals surface area contributed by atoms with E-state index in [1.54, 1.807) is 17.6 Å². The van der Waals surface area contributed by atoms with Crippen LogP contribution in [0.25, 0.3) is 0 Å². The summed E-state index contributed by atoms with van der Waals surface area (Å²) >= 11 is 0. The maximum atomic E-state index is 12.5. The smallest absolute Gasteiger partial charge is 0.319 e. The minimum absolute atomic E-state index is 0.0762. The van der Waals surface area contributed by atoms with E-state index >= 15 is 0 Å². The van der Waals surface area contributed by atoms with Gasteiger partial charge in [-0.05, 0) is 36.8 Å². The number of carbonyl (C=O) groups excluding carboxylic acids is 2. The predicted octanol–water partition coefficient (Wildman–Crippen LogP) is 2.54. The quantitative estimate of drug-likeness (QED) is 0.572. The minimum atomic E-state index is -0.520. The van der Waals surface area contributed by atoms with E-state index < -0.39 is 5.91 Å². The fourth-order valence-corrected chi connectivity index (χ4v) is 3.28. The molecule has 1 saturated heterocycles. The molecule has 0 unspecified atom stereocenters. The first-order valence-electron chi connectivity index (χ1n) is 8.95. The van der Waals surface area contributed by atoms with Crippen LogP contribution in [0.4, 0.5) is 10.5 Å². The molecule has 0 aliphatic carbocycles. The fraction of sp³-hybridized carbons (Fsp3) is 0.300. The normalized spacial score (nSPS) is 17.4. The summed E-state index contributed by atoms with van der Waals surface area (Å²) in [4.78, 5) is 28.0. The van der Waals surface area contributed by atoms with E-state index in [4.69, 9.17) is 5.21 Å². The summed E-state index contributed by atoms with van der Waals surface area (Å²) in [6.07, 6.45) is 0. The van der Waals surface area contributed by atoms with E-state index in [0.717, 1.165) is 30.9 Å². The molecular weight excluding hydrogens is 344 g/mol. The average Bonchev–Trinajstić information content (AvgIpc) is 2.68. The second-order valence-corrected chi connectivity index (χ2v) is 6.71. The van der Waals surface area contributed by atoms with Crippen molar-refractivity contribution in [1.29, 1.82) is 0 Å². The Labute approximate surface area is 158 Å². The number of para-hydroxylation sites is 1. The molecule has 7 nitrogen and oxygen atoms in total. The highest BCUT2D eigenvalue weighted by Crippen LogP contribution is 2.16. The molecule has 0 saturated carbocycles. The van der Waals surface area contributed by atoms with Crippen molar-refractivity contribution in [3.05, 3.63) is 65.7 Å². The number of piperazine rings is 1. The Morgan fingerprint density at radius 2 is 1.78 bits per heavy atom. The average molecular weight is 368 g/mol. The molecule has 3 amide bonds. The number of amides is 3. The van der Waals surface area contributed by atoms with Crippen molar-refractivity contribution in [1.82, 2.24) is 15.3 Å². The van der Waals surface area contributed by atoms with Gasteiger partial charge in [0.1, 0.15) is 0 Å². The molecule has 2 aromatic carbocycles. The van der Waals surface area contributed by atoms with Crippen LogP contribution >= 0.6 is 0 Å². The number of urea groups is 1. The van der Waals surface area contributed by atoms with Crippen LogP contribution in [0.5, 0.6) is 0 Å². The van der Waals surface area contributed by atoms with E-state index in [2.05, 4.69) is 10.2 Å². The van der Waals surface area contributed by atoms with Gasteiger partial charge < -0.3 is 10.2 Å². The van der Waals surface area contributed by atoms with Gasteiger partial charge in [0, 0.05) is 43.5 Å². The number of anilines is 1. The highest BCUT2D eigenvalue weighted by molar-refractivity contribution is 5.93. The standard InChI is InChI=1S/C20H24N4O3/c1-15-13-23(14-16-7-9-17(10-8-16)19(25)22-27)11-12-24(15)20(26)21-18-5-3-2-4-6-18/h2-10,15,27H,11-14H2,1H3,(H,21,26)(H,22,25)/t15-/m0/s1. The Balaban J connectivity index is 1.53. The van der Waals surface area contributed by atoms with Crippen LogP contribution in [0.2, 0.25) is 0 Å². The number of benzene rings is 2. The minimum Gasteiger partial charge on any atom is -0.319 e. The molecular formula is C20H24N4O3. The van der Waals surface area contributed by atoms with Gasteiger partial charge in [-0.2, -0.15) is 0 Å². The number of rotatable bonds is 4. The number of carbonyl (C=O) groups is 2. The Kier molecular flexibility index (Phi) is 6.05. The fourth-order valence-electron chi connectivity index (χ4n) is 3.28. The van der Waals surface area contributed by atoms with Gasteiger partial charge in [-0.25, -0.2) is 10.3 Å². The summed E-state index contributed by atoms with van der Waals surface area (Å²) in [6, 6.07) is 16.6. The van der Waals surface area contributed by atoms with Crippen molar-refractivity contribution in [2.24, 2.45) is 0 Å². The van der Waals surface area contributed by atoms with Gasteiger partial charge in [0.2, 0.25) is 0 Å². The molecule has 2 aromatic rings. The van der Waals surface area contributed by atoms with Crippen molar-refractivity contribution in [3.8, 4) is 0 Å². The zero-order chi connectivity index (χ0) is 19.2. The number of nitrogens with one attached hydrogen (secondary N) is 2. The van der Waals surface area contributed by atoms with Crippen molar-refractivity contribution in [2.75, 3.05) is 25.0 Å². The molecule has 1 aliphatic heterocycles. The number of nitrogens with zero attached hydrogens (tertiary/aromatic N) is 2. The highest BCUT2D eigenvalue weighted by atomic mass is 16.5. The number of hydrogen-bond donors (Lipinski definition) is 3. The maximum Gasteiger partial charge on any atom is 0.322 e. The van der Waals surface area contributed by atoms with Crippen LogP contribution in [0.3, 0.4) is 0 Å². The third-order valence-electron chi connectivity index (χ3n) is 4.72. The van der Waals surface area contributed by atoms with E-state index in [-0.39, 0.29) is 12.1 Å². The monoisotopic (exact) mass is 368 g/mol. The Hall–Kier alpha value is -2.90. The SMILES string of the molecule is C[C@H]1CN(Cc2ccc(C(=O)NO)cc2)CCN1C(=O)Nc1ccccc1. The van der Waals surface area contributed by atoms with Crippen LogP contribution in [0, 0.1) is 0 Å². The molecule has 3 rings (SSSR count). The molecule has 142 valence electrons. The maximum absolute atomic E-state index is 12.5. The van der Waals surface area contributed by atoms with Gasteiger partial charge in [-0.3, -0.25) is 14.9 Å². The van der Waals surface area contributed by atoms with E-state index in [1.807, 2.05) is 54.3 Å². The lowest BCUT2D eigenvalue weighted by Crippen LogP contribution is -2.54. The van der Waals surface area contributed by atoms with Crippen LogP contribution < -0.4 is 10.8 Å². The Morgan fingerprint density at radius 1 is 1.07 bits per heavy atom. The zero-order valence-corrected chi connectivity index (χ0v) is 15.3. The van der Waals surface area contributed by atoms with Crippen LogP contribution in [0.1, 0.15) is 22.8 Å². The Bertz CT molecular complexity index is 780. The molecule has 0 aromatic heterocycles. The van der Waals surface area contributed by atoms with Gasteiger partial charge in [0.25, 0.3) is 5.91 Å². The molecule has 3 N–H and O–H groups in total. The molecule has 1 heterocycles. The van der Waals surface area contributed by atoms with E-state index in [1.165, 1.54) is 0 Å². The van der Waals surface area contributed by atoms with Gasteiger partial charge in [0.05, 0.1) is 0 Å².